The molecule has 0 aromatic heterocycles. The molecule has 0 bridgehead atoms. The Balaban J connectivity index is 3.65. The highest BCUT2D eigenvalue weighted by Crippen LogP contribution is 2.23. The molecule has 28 heavy (non-hydrogen) atoms. The van der Waals surface area contributed by atoms with Gasteiger partial charge in [-0.3, -0.25) is 4.90 Å². The summed E-state index contributed by atoms with van der Waals surface area (Å²) >= 11 is 0. The molecule has 2 N–H and O–H groups in total. The first-order valence-corrected chi connectivity index (χ1v) is 13.0. The van der Waals surface area contributed by atoms with Gasteiger partial charge in [0.15, 0.2) is 0 Å². The van der Waals surface area contributed by atoms with Gasteiger partial charge < -0.3 is 5.73 Å². The topological polar surface area (TPSA) is 29.3 Å². The SMILES string of the molecule is CCCCCCCCCCCCC(N)(CCCCCCCCCCC)N(C)C. The second-order valence-corrected chi connectivity index (χ2v) is 9.51. The predicted octanol–water partition coefficient (Wildman–Crippen LogP) is 8.43. The van der Waals surface area contributed by atoms with Crippen molar-refractivity contribution in [3.8, 4) is 0 Å². The first-order valence-electron chi connectivity index (χ1n) is 13.0. The third kappa shape index (κ3) is 16.8. The van der Waals surface area contributed by atoms with Gasteiger partial charge in [0.05, 0.1) is 5.66 Å². The average molecular weight is 397 g/mol. The standard InChI is InChI=1S/C26H56N2/c1-5-7-9-11-13-15-17-19-21-23-25-26(27,28(3)4)24-22-20-18-16-14-12-10-8-6-2/h5-25,27H2,1-4H3. The third-order valence-electron chi connectivity index (χ3n) is 6.57. The fraction of sp³-hybridized carbons (Fsp3) is 1.00. The Hall–Kier alpha value is -0.0800. The minimum absolute atomic E-state index is 0.0821. The van der Waals surface area contributed by atoms with E-state index < -0.39 is 0 Å². The second kappa shape index (κ2) is 20.2. The van der Waals surface area contributed by atoms with E-state index in [4.69, 9.17) is 5.73 Å². The predicted molar refractivity (Wildman–Crippen MR) is 129 cm³/mol. The van der Waals surface area contributed by atoms with Crippen LogP contribution in [-0.4, -0.2) is 24.7 Å². The summed E-state index contributed by atoms with van der Waals surface area (Å²) in [6, 6.07) is 0. The Kier molecular flexibility index (Phi) is 20.1. The molecule has 0 saturated heterocycles. The normalized spacial score (nSPS) is 13.9. The molecule has 0 rings (SSSR count). The molecular formula is C26H56N2. The Bertz CT molecular complexity index is 303. The zero-order valence-corrected chi connectivity index (χ0v) is 20.4. The summed E-state index contributed by atoms with van der Waals surface area (Å²) in [7, 11) is 4.34. The van der Waals surface area contributed by atoms with E-state index in [9.17, 15) is 0 Å². The lowest BCUT2D eigenvalue weighted by molar-refractivity contribution is 0.125. The van der Waals surface area contributed by atoms with Crippen molar-refractivity contribution in [1.29, 1.82) is 0 Å². The molecule has 0 aliphatic carbocycles. The largest absolute Gasteiger partial charge is 0.313 e. The number of hydrogen-bond acceptors (Lipinski definition) is 2. The van der Waals surface area contributed by atoms with Gasteiger partial charge in [0.25, 0.3) is 0 Å². The van der Waals surface area contributed by atoms with Gasteiger partial charge in [-0.05, 0) is 26.9 Å². The lowest BCUT2D eigenvalue weighted by Crippen LogP contribution is -2.52. The van der Waals surface area contributed by atoms with E-state index in [1.807, 2.05) is 0 Å². The Morgan fingerprint density at radius 1 is 0.464 bits per heavy atom. The number of unbranched alkanes of at least 4 members (excludes halogenated alkanes) is 17. The lowest BCUT2D eigenvalue weighted by atomic mass is 9.93. The Morgan fingerprint density at radius 2 is 0.714 bits per heavy atom. The van der Waals surface area contributed by atoms with Crippen molar-refractivity contribution in [1.82, 2.24) is 4.90 Å². The first kappa shape index (κ1) is 27.9. The van der Waals surface area contributed by atoms with Gasteiger partial charge in [-0.15, -0.1) is 0 Å². The van der Waals surface area contributed by atoms with Crippen LogP contribution in [0.5, 0.6) is 0 Å². The molecule has 2 heteroatoms. The van der Waals surface area contributed by atoms with Gasteiger partial charge in [0, 0.05) is 0 Å². The van der Waals surface area contributed by atoms with E-state index >= 15 is 0 Å². The summed E-state index contributed by atoms with van der Waals surface area (Å²) in [5.74, 6) is 0. The van der Waals surface area contributed by atoms with E-state index in [-0.39, 0.29) is 5.66 Å². The van der Waals surface area contributed by atoms with Crippen molar-refractivity contribution in [3.05, 3.63) is 0 Å². The summed E-state index contributed by atoms with van der Waals surface area (Å²) in [6.07, 6.45) is 28.9. The van der Waals surface area contributed by atoms with Gasteiger partial charge in [0.2, 0.25) is 0 Å². The van der Waals surface area contributed by atoms with Crippen LogP contribution >= 0.6 is 0 Å². The molecule has 1 unspecified atom stereocenters. The molecule has 0 fully saturated rings. The van der Waals surface area contributed by atoms with Crippen LogP contribution < -0.4 is 5.73 Å². The van der Waals surface area contributed by atoms with E-state index in [1.165, 1.54) is 122 Å². The van der Waals surface area contributed by atoms with E-state index in [1.54, 1.807) is 0 Å². The zero-order valence-electron chi connectivity index (χ0n) is 20.4. The number of nitrogens with two attached hydrogens (primary N) is 1. The van der Waals surface area contributed by atoms with Crippen molar-refractivity contribution in [2.45, 2.75) is 154 Å². The fourth-order valence-electron chi connectivity index (χ4n) is 4.23. The summed E-state index contributed by atoms with van der Waals surface area (Å²) in [4.78, 5) is 2.28. The fourth-order valence-corrected chi connectivity index (χ4v) is 4.23. The molecule has 0 aliphatic heterocycles. The quantitative estimate of drug-likeness (QED) is 0.147. The molecule has 0 saturated carbocycles. The van der Waals surface area contributed by atoms with Crippen molar-refractivity contribution in [3.63, 3.8) is 0 Å². The van der Waals surface area contributed by atoms with Crippen LogP contribution in [0.1, 0.15) is 149 Å². The van der Waals surface area contributed by atoms with Crippen molar-refractivity contribution in [2.24, 2.45) is 5.73 Å². The number of hydrogen-bond donors (Lipinski definition) is 1. The van der Waals surface area contributed by atoms with Crippen molar-refractivity contribution < 1.29 is 0 Å². The molecule has 0 radical (unpaired) electrons. The van der Waals surface area contributed by atoms with Crippen molar-refractivity contribution in [2.75, 3.05) is 14.1 Å². The maximum atomic E-state index is 6.77. The van der Waals surface area contributed by atoms with Crippen LogP contribution in [0.15, 0.2) is 0 Å². The van der Waals surface area contributed by atoms with E-state index in [0.29, 0.717) is 0 Å². The number of rotatable bonds is 22. The highest BCUT2D eigenvalue weighted by atomic mass is 15.2. The minimum Gasteiger partial charge on any atom is -0.313 e. The molecule has 0 heterocycles. The van der Waals surface area contributed by atoms with Gasteiger partial charge in [-0.1, -0.05) is 136 Å². The number of nitrogens with zero attached hydrogens (tertiary/aromatic N) is 1. The van der Waals surface area contributed by atoms with Gasteiger partial charge in [0.1, 0.15) is 0 Å². The maximum Gasteiger partial charge on any atom is 0.0682 e. The van der Waals surface area contributed by atoms with E-state index in [2.05, 4.69) is 32.8 Å². The van der Waals surface area contributed by atoms with Gasteiger partial charge in [-0.2, -0.15) is 0 Å². The highest BCUT2D eigenvalue weighted by molar-refractivity contribution is 4.81. The maximum absolute atomic E-state index is 6.77. The molecule has 0 aromatic carbocycles. The van der Waals surface area contributed by atoms with Crippen molar-refractivity contribution >= 4 is 0 Å². The monoisotopic (exact) mass is 396 g/mol. The molecule has 0 amide bonds. The van der Waals surface area contributed by atoms with Crippen LogP contribution in [0.25, 0.3) is 0 Å². The molecule has 170 valence electrons. The Labute approximate surface area is 179 Å². The molecule has 0 aliphatic rings. The lowest BCUT2D eigenvalue weighted by Gasteiger charge is -2.36. The third-order valence-corrected chi connectivity index (χ3v) is 6.57. The first-order chi connectivity index (χ1) is 13.6. The van der Waals surface area contributed by atoms with Crippen LogP contribution in [0.2, 0.25) is 0 Å². The van der Waals surface area contributed by atoms with E-state index in [0.717, 1.165) is 12.8 Å². The molecule has 2 nitrogen and oxygen atoms in total. The highest BCUT2D eigenvalue weighted by Gasteiger charge is 2.26. The second-order valence-electron chi connectivity index (χ2n) is 9.51. The molecule has 1 atom stereocenters. The smallest absolute Gasteiger partial charge is 0.0682 e. The van der Waals surface area contributed by atoms with Gasteiger partial charge >= 0.3 is 0 Å². The van der Waals surface area contributed by atoms with Gasteiger partial charge in [-0.25, -0.2) is 0 Å². The van der Waals surface area contributed by atoms with Crippen LogP contribution in [0.4, 0.5) is 0 Å². The summed E-state index contributed by atoms with van der Waals surface area (Å²) in [6.45, 7) is 4.58. The summed E-state index contributed by atoms with van der Waals surface area (Å²) in [5.41, 5.74) is 6.69. The average Bonchev–Trinajstić information content (AvgIpc) is 2.68. The van der Waals surface area contributed by atoms with Crippen LogP contribution in [0.3, 0.4) is 0 Å². The Morgan fingerprint density at radius 3 is 0.964 bits per heavy atom. The molecular weight excluding hydrogens is 340 g/mol. The minimum atomic E-state index is -0.0821. The summed E-state index contributed by atoms with van der Waals surface area (Å²) in [5, 5.41) is 0. The zero-order chi connectivity index (χ0) is 20.9. The van der Waals surface area contributed by atoms with Crippen LogP contribution in [-0.2, 0) is 0 Å². The molecule has 0 aromatic rings. The van der Waals surface area contributed by atoms with Crippen LogP contribution in [0, 0.1) is 0 Å². The molecule has 0 spiro atoms. The summed E-state index contributed by atoms with van der Waals surface area (Å²) < 4.78 is 0.